The number of hydrogen-bond donors (Lipinski definition) is 0. The Bertz CT molecular complexity index is 979. The van der Waals surface area contributed by atoms with E-state index in [1.807, 2.05) is 55.5 Å². The number of rotatable bonds is 9. The van der Waals surface area contributed by atoms with Crippen LogP contribution in [-0.4, -0.2) is 50.0 Å². The van der Waals surface area contributed by atoms with E-state index in [9.17, 15) is 4.79 Å². The van der Waals surface area contributed by atoms with Crippen LogP contribution in [0, 0.1) is 0 Å². The van der Waals surface area contributed by atoms with Crippen molar-refractivity contribution in [2.24, 2.45) is 4.99 Å². The van der Waals surface area contributed by atoms with Gasteiger partial charge in [-0.25, -0.2) is 4.99 Å². The van der Waals surface area contributed by atoms with Gasteiger partial charge in [0.15, 0.2) is 16.7 Å². The van der Waals surface area contributed by atoms with E-state index in [2.05, 4.69) is 15.9 Å². The Morgan fingerprint density at radius 2 is 1.94 bits per heavy atom. The minimum Gasteiger partial charge on any atom is -0.493 e. The first-order valence-electron chi connectivity index (χ1n) is 9.91. The highest BCUT2D eigenvalue weighted by Crippen LogP contribution is 2.38. The number of ether oxygens (including phenoxy) is 3. The molecule has 0 N–H and O–H groups in total. The summed E-state index contributed by atoms with van der Waals surface area (Å²) in [6.07, 6.45) is 2.58. The first-order chi connectivity index (χ1) is 15.1. The summed E-state index contributed by atoms with van der Waals surface area (Å²) in [6, 6.07) is 13.3. The van der Waals surface area contributed by atoms with Crippen molar-refractivity contribution in [1.29, 1.82) is 0 Å². The summed E-state index contributed by atoms with van der Waals surface area (Å²) in [6.45, 7) is 3.57. The van der Waals surface area contributed by atoms with Crippen LogP contribution >= 0.6 is 27.7 Å². The largest absolute Gasteiger partial charge is 0.493 e. The molecule has 3 rings (SSSR count). The third-order valence-corrected chi connectivity index (χ3v) is 6.16. The van der Waals surface area contributed by atoms with Gasteiger partial charge >= 0.3 is 0 Å². The summed E-state index contributed by atoms with van der Waals surface area (Å²) in [5.41, 5.74) is 1.63. The van der Waals surface area contributed by atoms with Crippen molar-refractivity contribution in [3.05, 3.63) is 57.4 Å². The summed E-state index contributed by atoms with van der Waals surface area (Å²) >= 11 is 4.95. The summed E-state index contributed by atoms with van der Waals surface area (Å²) in [4.78, 5) is 20.2. The van der Waals surface area contributed by atoms with Crippen molar-refractivity contribution in [2.75, 3.05) is 34.0 Å². The number of amidine groups is 1. The molecule has 0 saturated carbocycles. The lowest BCUT2D eigenvalue weighted by molar-refractivity contribution is -0.122. The lowest BCUT2D eigenvalue weighted by Gasteiger charge is -2.15. The van der Waals surface area contributed by atoms with E-state index < -0.39 is 0 Å². The zero-order valence-corrected chi connectivity index (χ0v) is 20.2. The number of halogens is 1. The third-order valence-electron chi connectivity index (χ3n) is 4.47. The van der Waals surface area contributed by atoms with Crippen LogP contribution in [0.15, 0.2) is 56.8 Å². The molecular weight excluding hydrogens is 480 g/mol. The number of carbonyl (C=O) groups is 1. The number of aliphatic imine (C=N–C) groups is 1. The zero-order chi connectivity index (χ0) is 22.2. The maximum atomic E-state index is 13.2. The molecule has 1 aliphatic heterocycles. The highest BCUT2D eigenvalue weighted by atomic mass is 79.9. The molecule has 8 heteroatoms. The fourth-order valence-corrected chi connectivity index (χ4v) is 4.45. The predicted molar refractivity (Wildman–Crippen MR) is 129 cm³/mol. The maximum absolute atomic E-state index is 13.2. The summed E-state index contributed by atoms with van der Waals surface area (Å²) in [5.74, 6) is 1.19. The van der Waals surface area contributed by atoms with Crippen molar-refractivity contribution < 1.29 is 19.0 Å². The molecular formula is C23H25BrN2O4S. The molecule has 1 fully saturated rings. The molecule has 31 heavy (non-hydrogen) atoms. The van der Waals surface area contributed by atoms with Crippen LogP contribution in [0.1, 0.15) is 18.9 Å². The lowest BCUT2D eigenvalue weighted by atomic mass is 10.2. The third kappa shape index (κ3) is 5.90. The molecule has 0 spiro atoms. The van der Waals surface area contributed by atoms with Gasteiger partial charge in [0.05, 0.1) is 24.3 Å². The number of carbonyl (C=O) groups excluding carboxylic acids is 1. The van der Waals surface area contributed by atoms with Crippen molar-refractivity contribution >= 4 is 50.5 Å². The average Bonchev–Trinajstić information content (AvgIpc) is 3.05. The van der Waals surface area contributed by atoms with Crippen LogP contribution in [0.3, 0.4) is 0 Å². The van der Waals surface area contributed by atoms with Gasteiger partial charge in [0, 0.05) is 24.7 Å². The molecule has 1 amide bonds. The van der Waals surface area contributed by atoms with Crippen LogP contribution in [0.25, 0.3) is 6.08 Å². The molecule has 1 saturated heterocycles. The molecule has 2 aromatic rings. The molecule has 164 valence electrons. The number of para-hydroxylation sites is 1. The Kier molecular flexibility index (Phi) is 8.57. The first-order valence-corrected chi connectivity index (χ1v) is 11.5. The number of hydrogen-bond acceptors (Lipinski definition) is 6. The summed E-state index contributed by atoms with van der Waals surface area (Å²) in [5, 5.41) is 0.660. The Morgan fingerprint density at radius 3 is 2.61 bits per heavy atom. The van der Waals surface area contributed by atoms with Crippen molar-refractivity contribution in [2.45, 2.75) is 13.3 Å². The van der Waals surface area contributed by atoms with Gasteiger partial charge in [0.2, 0.25) is 0 Å². The van der Waals surface area contributed by atoms with Crippen LogP contribution in [0.5, 0.6) is 11.5 Å². The monoisotopic (exact) mass is 504 g/mol. The molecule has 0 bridgehead atoms. The van der Waals surface area contributed by atoms with E-state index in [1.54, 1.807) is 19.1 Å². The molecule has 2 aromatic carbocycles. The Labute approximate surface area is 195 Å². The van der Waals surface area contributed by atoms with E-state index in [1.165, 1.54) is 11.8 Å². The van der Waals surface area contributed by atoms with Gasteiger partial charge in [-0.2, -0.15) is 0 Å². The molecule has 0 unspecified atom stereocenters. The molecule has 0 atom stereocenters. The van der Waals surface area contributed by atoms with Gasteiger partial charge in [-0.1, -0.05) is 34.1 Å². The topological polar surface area (TPSA) is 60.4 Å². The molecule has 6 nitrogen and oxygen atoms in total. The summed E-state index contributed by atoms with van der Waals surface area (Å²) < 4.78 is 17.1. The second kappa shape index (κ2) is 11.4. The molecule has 0 radical (unpaired) electrons. The Hall–Kier alpha value is -2.29. The first kappa shape index (κ1) is 23.4. The maximum Gasteiger partial charge on any atom is 0.266 e. The van der Waals surface area contributed by atoms with E-state index in [-0.39, 0.29) is 5.91 Å². The fraction of sp³-hybridized carbons (Fsp3) is 0.304. The average molecular weight is 505 g/mol. The second-order valence-electron chi connectivity index (χ2n) is 6.60. The minimum absolute atomic E-state index is 0.0736. The van der Waals surface area contributed by atoms with Gasteiger partial charge < -0.3 is 14.2 Å². The Morgan fingerprint density at radius 1 is 1.16 bits per heavy atom. The lowest BCUT2D eigenvalue weighted by Crippen LogP contribution is -2.30. The highest BCUT2D eigenvalue weighted by molar-refractivity contribution is 9.10. The number of methoxy groups -OCH3 is 2. The number of thioether (sulfide) groups is 1. The quantitative estimate of drug-likeness (QED) is 0.333. The normalized spacial score (nSPS) is 16.4. The molecule has 1 aliphatic rings. The minimum atomic E-state index is -0.0736. The number of benzene rings is 2. The zero-order valence-electron chi connectivity index (χ0n) is 17.8. The molecule has 0 aromatic heterocycles. The smallest absolute Gasteiger partial charge is 0.266 e. The van der Waals surface area contributed by atoms with Gasteiger partial charge in [0.25, 0.3) is 5.91 Å². The van der Waals surface area contributed by atoms with Gasteiger partial charge in [-0.3, -0.25) is 9.69 Å². The van der Waals surface area contributed by atoms with Crippen LogP contribution in [-0.2, 0) is 9.53 Å². The van der Waals surface area contributed by atoms with Crippen molar-refractivity contribution in [1.82, 2.24) is 4.90 Å². The van der Waals surface area contributed by atoms with Crippen LogP contribution in [0.2, 0.25) is 0 Å². The second-order valence-corrected chi connectivity index (χ2v) is 8.46. The molecule has 1 heterocycles. The van der Waals surface area contributed by atoms with Gasteiger partial charge in [-0.05, 0) is 61.0 Å². The number of nitrogens with zero attached hydrogens (tertiary/aromatic N) is 2. The number of amides is 1. The molecule has 0 aliphatic carbocycles. The van der Waals surface area contributed by atoms with E-state index in [0.29, 0.717) is 41.3 Å². The van der Waals surface area contributed by atoms with E-state index >= 15 is 0 Å². The van der Waals surface area contributed by atoms with Crippen molar-refractivity contribution in [3.8, 4) is 11.5 Å². The van der Waals surface area contributed by atoms with Gasteiger partial charge in [0.1, 0.15) is 0 Å². The SMILES string of the molecule is CCOc1cc(Br)c(/C=C2\SC(=Nc3ccccc3)N(CCCOC)C2=O)cc1OC. The van der Waals surface area contributed by atoms with Crippen molar-refractivity contribution in [3.63, 3.8) is 0 Å². The Balaban J connectivity index is 1.95. The predicted octanol–water partition coefficient (Wildman–Crippen LogP) is 5.50. The standard InChI is InChI=1S/C23H25BrN2O4S/c1-4-30-20-15-18(24)16(13-19(20)29-3)14-21-22(27)26(11-8-12-28-2)23(31-21)25-17-9-6-5-7-10-17/h5-7,9-10,13-15H,4,8,11-12H2,1-3H3/b21-14-,25-23?. The van der Waals surface area contributed by atoms with Gasteiger partial charge in [-0.15, -0.1) is 0 Å². The summed E-state index contributed by atoms with van der Waals surface area (Å²) in [7, 11) is 3.25. The fourth-order valence-electron chi connectivity index (χ4n) is 3.00. The van der Waals surface area contributed by atoms with E-state index in [0.717, 1.165) is 22.1 Å². The van der Waals surface area contributed by atoms with Crippen LogP contribution in [0.4, 0.5) is 5.69 Å². The highest BCUT2D eigenvalue weighted by Gasteiger charge is 2.33. The van der Waals surface area contributed by atoms with E-state index in [4.69, 9.17) is 19.2 Å². The van der Waals surface area contributed by atoms with Crippen LogP contribution < -0.4 is 9.47 Å².